The van der Waals surface area contributed by atoms with Crippen molar-refractivity contribution in [3.05, 3.63) is 185 Å². The lowest BCUT2D eigenvalue weighted by molar-refractivity contribution is -0.154. The van der Waals surface area contributed by atoms with Gasteiger partial charge in [-0.3, -0.25) is 9.59 Å². The molecule has 0 aliphatic heterocycles. The molecular formula is C50H50O10. The van der Waals surface area contributed by atoms with E-state index in [2.05, 4.69) is 0 Å². The van der Waals surface area contributed by atoms with E-state index in [0.717, 1.165) is 16.7 Å². The number of aliphatic hydroxyl groups is 1. The fourth-order valence-corrected chi connectivity index (χ4v) is 7.09. The first kappa shape index (κ1) is 43.0. The summed E-state index contributed by atoms with van der Waals surface area (Å²) in [5, 5.41) is 12.4. The molecule has 0 saturated carbocycles. The zero-order valence-corrected chi connectivity index (χ0v) is 34.5. The summed E-state index contributed by atoms with van der Waals surface area (Å²) in [6.07, 6.45) is -0.872. The molecule has 1 atom stereocenters. The minimum absolute atomic E-state index is 0.0471. The Kier molecular flexibility index (Phi) is 14.2. The average Bonchev–Trinajstić information content (AvgIpc) is 3.31. The second-order valence-corrected chi connectivity index (χ2v) is 14.1. The van der Waals surface area contributed by atoms with Gasteiger partial charge >= 0.3 is 5.97 Å². The lowest BCUT2D eigenvalue weighted by Crippen LogP contribution is -2.36. The predicted molar refractivity (Wildman–Crippen MR) is 228 cm³/mol. The Morgan fingerprint density at radius 2 is 0.950 bits per heavy atom. The summed E-state index contributed by atoms with van der Waals surface area (Å²) >= 11 is 0. The van der Waals surface area contributed by atoms with Crippen molar-refractivity contribution >= 4 is 11.8 Å². The fraction of sp³-hybridized carbons (Fsp3) is 0.240. The van der Waals surface area contributed by atoms with Crippen LogP contribution >= 0.6 is 0 Å². The van der Waals surface area contributed by atoms with Crippen molar-refractivity contribution in [2.75, 3.05) is 41.7 Å². The number of carbonyl (C=O) groups excluding carboxylic acids is 2. The van der Waals surface area contributed by atoms with Crippen LogP contribution in [-0.4, -0.2) is 64.6 Å². The third kappa shape index (κ3) is 9.80. The zero-order valence-electron chi connectivity index (χ0n) is 34.5. The van der Waals surface area contributed by atoms with Gasteiger partial charge in [0.15, 0.2) is 5.78 Å². The van der Waals surface area contributed by atoms with Crippen LogP contribution in [0.25, 0.3) is 0 Å². The van der Waals surface area contributed by atoms with E-state index in [1.54, 1.807) is 108 Å². The summed E-state index contributed by atoms with van der Waals surface area (Å²) < 4.78 is 40.1. The molecule has 6 rings (SSSR count). The Balaban J connectivity index is 1.10. The number of benzene rings is 6. The van der Waals surface area contributed by atoms with E-state index in [9.17, 15) is 14.7 Å². The average molecular weight is 811 g/mol. The molecule has 0 spiro atoms. The summed E-state index contributed by atoms with van der Waals surface area (Å²) in [6, 6.07) is 46.5. The largest absolute Gasteiger partial charge is 0.497 e. The van der Waals surface area contributed by atoms with Gasteiger partial charge in [0.05, 0.1) is 41.5 Å². The first-order chi connectivity index (χ1) is 29.1. The normalized spacial score (nSPS) is 11.9. The Labute approximate surface area is 351 Å². The molecule has 0 amide bonds. The van der Waals surface area contributed by atoms with Crippen LogP contribution in [0.4, 0.5) is 0 Å². The quantitative estimate of drug-likeness (QED) is 0.0593. The first-order valence-electron chi connectivity index (χ1n) is 19.6. The van der Waals surface area contributed by atoms with Gasteiger partial charge in [-0.2, -0.15) is 0 Å². The number of ketones is 1. The SMILES string of the molecule is COc1ccc(C(O)(c2ccc(OC)cc2)c2cccc(OCC(=O)CCC(=O)OC(C)COC(c3ccccc3)(c3ccc(OC)cc3)c3ccc(OC)cc3)c2)cc1. The lowest BCUT2D eigenvalue weighted by Gasteiger charge is -2.36. The number of methoxy groups -OCH3 is 4. The second kappa shape index (κ2) is 19.9. The van der Waals surface area contributed by atoms with Crippen molar-refractivity contribution in [2.45, 2.75) is 37.1 Å². The Bertz CT molecular complexity index is 2190. The molecule has 0 saturated heterocycles. The number of rotatable bonds is 20. The van der Waals surface area contributed by atoms with Gasteiger partial charge in [0.2, 0.25) is 0 Å². The Morgan fingerprint density at radius 3 is 1.42 bits per heavy atom. The third-order valence-electron chi connectivity index (χ3n) is 10.3. The molecule has 0 heterocycles. The van der Waals surface area contributed by atoms with E-state index in [0.29, 0.717) is 45.4 Å². The smallest absolute Gasteiger partial charge is 0.306 e. The van der Waals surface area contributed by atoms with E-state index in [1.807, 2.05) is 78.9 Å². The van der Waals surface area contributed by atoms with Crippen molar-refractivity contribution in [3.8, 4) is 28.7 Å². The number of ether oxygens (including phenoxy) is 7. The number of esters is 1. The summed E-state index contributed by atoms with van der Waals surface area (Å²) in [4.78, 5) is 26.1. The number of Topliss-reactive ketones (excluding diaryl/α,β-unsaturated/α-hetero) is 1. The molecule has 0 bridgehead atoms. The first-order valence-corrected chi connectivity index (χ1v) is 19.6. The van der Waals surface area contributed by atoms with E-state index >= 15 is 0 Å². The topological polar surface area (TPSA) is 119 Å². The molecule has 0 radical (unpaired) electrons. The maximum Gasteiger partial charge on any atom is 0.306 e. The monoisotopic (exact) mass is 810 g/mol. The molecule has 0 aromatic heterocycles. The maximum atomic E-state index is 13.1. The maximum absolute atomic E-state index is 13.1. The summed E-state index contributed by atoms with van der Waals surface area (Å²) in [5.41, 5.74) is 1.65. The van der Waals surface area contributed by atoms with Crippen molar-refractivity contribution in [1.29, 1.82) is 0 Å². The van der Waals surface area contributed by atoms with Crippen molar-refractivity contribution in [1.82, 2.24) is 0 Å². The zero-order chi connectivity index (χ0) is 42.5. The van der Waals surface area contributed by atoms with Gasteiger partial charge < -0.3 is 38.3 Å². The summed E-state index contributed by atoms with van der Waals surface area (Å²) in [6.45, 7) is 1.53. The van der Waals surface area contributed by atoms with Gasteiger partial charge in [0.25, 0.3) is 0 Å². The molecule has 310 valence electrons. The third-order valence-corrected chi connectivity index (χ3v) is 10.3. The molecule has 6 aromatic carbocycles. The van der Waals surface area contributed by atoms with E-state index < -0.39 is 23.3 Å². The Morgan fingerprint density at radius 1 is 0.517 bits per heavy atom. The summed E-state index contributed by atoms with van der Waals surface area (Å²) in [7, 11) is 6.40. The molecule has 10 nitrogen and oxygen atoms in total. The van der Waals surface area contributed by atoms with Gasteiger partial charge in [0, 0.05) is 6.42 Å². The van der Waals surface area contributed by atoms with Crippen LogP contribution in [0.1, 0.15) is 53.1 Å². The van der Waals surface area contributed by atoms with Crippen molar-refractivity contribution in [3.63, 3.8) is 0 Å². The Hall–Kier alpha value is -6.62. The van der Waals surface area contributed by atoms with Crippen LogP contribution in [0.15, 0.2) is 152 Å². The van der Waals surface area contributed by atoms with Crippen LogP contribution in [-0.2, 0) is 30.3 Å². The molecule has 10 heteroatoms. The molecule has 1 unspecified atom stereocenters. The van der Waals surface area contributed by atoms with Crippen LogP contribution < -0.4 is 23.7 Å². The molecule has 0 aliphatic rings. The van der Waals surface area contributed by atoms with Crippen LogP contribution in [0.2, 0.25) is 0 Å². The highest BCUT2D eigenvalue weighted by Gasteiger charge is 2.39. The molecule has 6 aromatic rings. The van der Waals surface area contributed by atoms with Crippen molar-refractivity contribution < 1.29 is 47.9 Å². The van der Waals surface area contributed by atoms with E-state index in [-0.39, 0.29) is 31.8 Å². The van der Waals surface area contributed by atoms with Crippen molar-refractivity contribution in [2.24, 2.45) is 0 Å². The minimum Gasteiger partial charge on any atom is -0.497 e. The number of carbonyl (C=O) groups is 2. The van der Waals surface area contributed by atoms with Crippen LogP contribution in [0.3, 0.4) is 0 Å². The highest BCUT2D eigenvalue weighted by atomic mass is 16.6. The predicted octanol–water partition coefficient (Wildman–Crippen LogP) is 8.67. The molecule has 60 heavy (non-hydrogen) atoms. The van der Waals surface area contributed by atoms with Crippen LogP contribution in [0.5, 0.6) is 28.7 Å². The van der Waals surface area contributed by atoms with Gasteiger partial charge in [-0.15, -0.1) is 0 Å². The lowest BCUT2D eigenvalue weighted by atomic mass is 9.80. The van der Waals surface area contributed by atoms with Gasteiger partial charge in [-0.1, -0.05) is 91.0 Å². The highest BCUT2D eigenvalue weighted by molar-refractivity contribution is 5.84. The highest BCUT2D eigenvalue weighted by Crippen LogP contribution is 2.42. The molecule has 0 aliphatic carbocycles. The fourth-order valence-electron chi connectivity index (χ4n) is 7.09. The molecule has 0 fully saturated rings. The van der Waals surface area contributed by atoms with E-state index in [1.165, 1.54) is 0 Å². The number of hydrogen-bond donors (Lipinski definition) is 1. The van der Waals surface area contributed by atoms with E-state index in [4.69, 9.17) is 33.2 Å². The van der Waals surface area contributed by atoms with Crippen LogP contribution in [0, 0.1) is 0 Å². The van der Waals surface area contributed by atoms with Gasteiger partial charge in [-0.05, 0) is 101 Å². The summed E-state index contributed by atoms with van der Waals surface area (Å²) in [5.74, 6) is 2.26. The number of hydrogen-bond acceptors (Lipinski definition) is 10. The minimum atomic E-state index is -1.57. The van der Waals surface area contributed by atoms with Gasteiger partial charge in [-0.25, -0.2) is 0 Å². The molecular weight excluding hydrogens is 761 g/mol. The standard InChI is InChI=1S/C50H50O10/c1-35(33-59-50(38-10-7-6-8-11-38,39-18-27-45(56-4)28-19-39)40-20-29-46(57-5)30-21-40)60-48(52)31-22-42(51)34-58-47-13-9-12-41(32-47)49(53,36-14-23-43(54-2)24-15-36)37-16-25-44(55-3)26-17-37/h6-21,23-30,32,35,53H,22,31,33-34H2,1-5H3. The molecule has 1 N–H and O–H groups in total. The second-order valence-electron chi connectivity index (χ2n) is 14.1. The van der Waals surface area contributed by atoms with Gasteiger partial charge in [0.1, 0.15) is 52.7 Å².